The minimum atomic E-state index is -5.54. The van der Waals surface area contributed by atoms with Gasteiger partial charge in [0.1, 0.15) is 0 Å². The van der Waals surface area contributed by atoms with Gasteiger partial charge in [-0.25, -0.2) is 0 Å². The van der Waals surface area contributed by atoms with Gasteiger partial charge < -0.3 is 0 Å². The van der Waals surface area contributed by atoms with Gasteiger partial charge in [-0.1, -0.05) is 19.9 Å². The molecule has 15 heavy (non-hydrogen) atoms. The summed E-state index contributed by atoms with van der Waals surface area (Å²) >= 11 is 2.32. The lowest BCUT2D eigenvalue weighted by Crippen LogP contribution is -2.36. The minimum absolute atomic E-state index is 0.166. The predicted octanol–water partition coefficient (Wildman–Crippen LogP) is 4.51. The van der Waals surface area contributed by atoms with E-state index in [1.54, 1.807) is 0 Å². The molecule has 88 valence electrons. The van der Waals surface area contributed by atoms with E-state index in [-0.39, 0.29) is 11.3 Å². The first-order valence-electron chi connectivity index (χ1n) is 4.31. The maximum atomic E-state index is 12.7. The molecule has 0 aromatic rings. The van der Waals surface area contributed by atoms with Crippen molar-refractivity contribution in [3.63, 3.8) is 0 Å². The van der Waals surface area contributed by atoms with Gasteiger partial charge in [-0.05, 0) is 33.7 Å². The Morgan fingerprint density at radius 3 is 1.93 bits per heavy atom. The molecular formula is C9H10BrF5. The molecule has 1 aliphatic carbocycles. The van der Waals surface area contributed by atoms with E-state index in [2.05, 4.69) is 15.9 Å². The van der Waals surface area contributed by atoms with Crippen LogP contribution < -0.4 is 0 Å². The highest BCUT2D eigenvalue weighted by molar-refractivity contribution is 9.11. The van der Waals surface area contributed by atoms with Crippen LogP contribution in [0.25, 0.3) is 0 Å². The van der Waals surface area contributed by atoms with Crippen molar-refractivity contribution in [1.82, 2.24) is 0 Å². The Balaban J connectivity index is 2.81. The third kappa shape index (κ3) is 2.52. The van der Waals surface area contributed by atoms with E-state index in [0.717, 1.165) is 6.08 Å². The highest BCUT2D eigenvalue weighted by Crippen LogP contribution is 2.55. The molecule has 1 atom stereocenters. The van der Waals surface area contributed by atoms with Gasteiger partial charge in [0.2, 0.25) is 0 Å². The molecule has 1 unspecified atom stereocenters. The van der Waals surface area contributed by atoms with Crippen LogP contribution in [0.15, 0.2) is 10.6 Å². The second kappa shape index (κ2) is 3.43. The molecule has 1 rings (SSSR count). The maximum absolute atomic E-state index is 12.7. The predicted molar refractivity (Wildman–Crippen MR) is 49.9 cm³/mol. The number of hydrogen-bond acceptors (Lipinski definition) is 0. The molecule has 1 aliphatic rings. The summed E-state index contributed by atoms with van der Waals surface area (Å²) in [4.78, 5) is 0. The van der Waals surface area contributed by atoms with E-state index in [4.69, 9.17) is 0 Å². The maximum Gasteiger partial charge on any atom is 0.458 e. The van der Waals surface area contributed by atoms with Crippen LogP contribution >= 0.6 is 15.9 Å². The number of rotatable bonds is 2. The van der Waals surface area contributed by atoms with Crippen molar-refractivity contribution in [2.45, 2.75) is 32.4 Å². The Morgan fingerprint density at radius 1 is 1.27 bits per heavy atom. The molecule has 1 saturated carbocycles. The smallest absolute Gasteiger partial charge is 0.190 e. The molecule has 0 amide bonds. The van der Waals surface area contributed by atoms with E-state index in [1.807, 2.05) is 13.8 Å². The Morgan fingerprint density at radius 2 is 1.67 bits per heavy atom. The van der Waals surface area contributed by atoms with Crippen molar-refractivity contribution in [1.29, 1.82) is 0 Å². The molecule has 0 saturated heterocycles. The normalized spacial score (nSPS) is 26.7. The first-order chi connectivity index (χ1) is 6.48. The molecule has 0 spiro atoms. The fraction of sp³-hybridized carbons (Fsp3) is 0.778. The van der Waals surface area contributed by atoms with Crippen molar-refractivity contribution >= 4 is 15.9 Å². The zero-order chi connectivity index (χ0) is 12.1. The van der Waals surface area contributed by atoms with Crippen LogP contribution in [-0.4, -0.2) is 12.1 Å². The van der Waals surface area contributed by atoms with Crippen LogP contribution in [0.1, 0.15) is 20.3 Å². The molecule has 1 fully saturated rings. The second-order valence-electron chi connectivity index (χ2n) is 4.39. The molecule has 0 nitrogen and oxygen atoms in total. The summed E-state index contributed by atoms with van der Waals surface area (Å²) in [6, 6.07) is 0. The van der Waals surface area contributed by atoms with Gasteiger partial charge in [-0.3, -0.25) is 0 Å². The second-order valence-corrected chi connectivity index (χ2v) is 5.24. The van der Waals surface area contributed by atoms with Crippen LogP contribution in [-0.2, 0) is 0 Å². The summed E-state index contributed by atoms with van der Waals surface area (Å²) in [6.07, 6.45) is -3.94. The minimum Gasteiger partial charge on any atom is -0.190 e. The molecule has 0 aromatic carbocycles. The van der Waals surface area contributed by atoms with Gasteiger partial charge in [0.15, 0.2) is 0 Å². The highest BCUT2D eigenvalue weighted by Gasteiger charge is 2.60. The average Bonchev–Trinajstić information content (AvgIpc) is 2.55. The largest absolute Gasteiger partial charge is 0.458 e. The third-order valence-corrected chi connectivity index (χ3v) is 3.36. The number of allylic oxidation sites excluding steroid dienone is 2. The lowest BCUT2D eigenvalue weighted by atomic mass is 10.1. The number of hydrogen-bond donors (Lipinski definition) is 0. The summed E-state index contributed by atoms with van der Waals surface area (Å²) in [5, 5.41) is 0. The summed E-state index contributed by atoms with van der Waals surface area (Å²) in [7, 11) is 0. The van der Waals surface area contributed by atoms with Gasteiger partial charge in [0.05, 0.1) is 4.48 Å². The van der Waals surface area contributed by atoms with Crippen molar-refractivity contribution < 1.29 is 22.0 Å². The van der Waals surface area contributed by atoms with Gasteiger partial charge in [0.25, 0.3) is 0 Å². The molecule has 0 N–H and O–H groups in total. The van der Waals surface area contributed by atoms with E-state index in [1.165, 1.54) is 0 Å². The Hall–Kier alpha value is -0.130. The Labute approximate surface area is 92.7 Å². The Bertz CT molecular complexity index is 289. The molecule has 0 heterocycles. The number of alkyl halides is 5. The first-order valence-corrected chi connectivity index (χ1v) is 5.10. The van der Waals surface area contributed by atoms with E-state index < -0.39 is 16.6 Å². The fourth-order valence-electron chi connectivity index (χ4n) is 1.21. The van der Waals surface area contributed by atoms with E-state index in [0.29, 0.717) is 6.42 Å². The van der Waals surface area contributed by atoms with Gasteiger partial charge in [0, 0.05) is 0 Å². The summed E-state index contributed by atoms with van der Waals surface area (Å²) in [5.74, 6) is -4.99. The number of halogens is 6. The zero-order valence-electron chi connectivity index (χ0n) is 8.13. The molecule has 0 bridgehead atoms. The molecule has 0 aromatic heterocycles. The summed E-state index contributed by atoms with van der Waals surface area (Å²) in [6.45, 7) is 3.64. The van der Waals surface area contributed by atoms with Crippen LogP contribution in [0.2, 0.25) is 0 Å². The van der Waals surface area contributed by atoms with Crippen LogP contribution in [0.5, 0.6) is 0 Å². The standard InChI is InChI=1S/C9H10BrF5/c1-7(2)4-5(7)3-6(10)8(11,12)9(13,14)15/h3,5H,4H2,1-2H3. The van der Waals surface area contributed by atoms with Crippen LogP contribution in [0.3, 0.4) is 0 Å². The van der Waals surface area contributed by atoms with Crippen LogP contribution in [0, 0.1) is 11.3 Å². The lowest BCUT2D eigenvalue weighted by Gasteiger charge is -2.19. The topological polar surface area (TPSA) is 0 Å². The highest BCUT2D eigenvalue weighted by atomic mass is 79.9. The van der Waals surface area contributed by atoms with E-state index >= 15 is 0 Å². The first kappa shape index (κ1) is 12.9. The van der Waals surface area contributed by atoms with Crippen molar-refractivity contribution in [3.05, 3.63) is 10.6 Å². The van der Waals surface area contributed by atoms with Gasteiger partial charge in [-0.15, -0.1) is 0 Å². The van der Waals surface area contributed by atoms with Crippen molar-refractivity contribution in [2.24, 2.45) is 11.3 Å². The fourth-order valence-corrected chi connectivity index (χ4v) is 1.75. The van der Waals surface area contributed by atoms with Crippen LogP contribution in [0.4, 0.5) is 22.0 Å². The lowest BCUT2D eigenvalue weighted by molar-refractivity contribution is -0.260. The molecule has 6 heteroatoms. The van der Waals surface area contributed by atoms with E-state index in [9.17, 15) is 22.0 Å². The average molecular weight is 293 g/mol. The molecule has 0 radical (unpaired) electrons. The molecular weight excluding hydrogens is 283 g/mol. The summed E-state index contributed by atoms with van der Waals surface area (Å²) in [5.41, 5.74) is -0.166. The molecule has 0 aliphatic heterocycles. The van der Waals surface area contributed by atoms with Gasteiger partial charge in [-0.2, -0.15) is 22.0 Å². The SMILES string of the molecule is CC1(C)CC1C=C(Br)C(F)(F)C(F)(F)F. The third-order valence-electron chi connectivity index (χ3n) is 2.59. The van der Waals surface area contributed by atoms with Gasteiger partial charge >= 0.3 is 12.1 Å². The zero-order valence-corrected chi connectivity index (χ0v) is 9.72. The quantitative estimate of drug-likeness (QED) is 0.657. The monoisotopic (exact) mass is 292 g/mol. The van der Waals surface area contributed by atoms with Crippen molar-refractivity contribution in [2.75, 3.05) is 0 Å². The summed E-state index contributed by atoms with van der Waals surface area (Å²) < 4.78 is 60.1. The Kier molecular flexibility index (Phi) is 2.96. The van der Waals surface area contributed by atoms with Crippen molar-refractivity contribution in [3.8, 4) is 0 Å².